The predicted molar refractivity (Wildman–Crippen MR) is 184 cm³/mol. The highest BCUT2D eigenvalue weighted by Gasteiger charge is 2.22. The number of benzene rings is 4. The number of aromatic hydroxyl groups is 1. The third kappa shape index (κ3) is 6.07. The smallest absolute Gasteiger partial charge is 0.139 e. The Labute approximate surface area is 260 Å². The summed E-state index contributed by atoms with van der Waals surface area (Å²) >= 11 is 0. The second kappa shape index (κ2) is 12.0. The van der Waals surface area contributed by atoms with E-state index in [2.05, 4.69) is 112 Å². The zero-order valence-corrected chi connectivity index (χ0v) is 26.1. The van der Waals surface area contributed by atoms with Gasteiger partial charge in [-0.05, 0) is 88.4 Å². The van der Waals surface area contributed by atoms with Crippen LogP contribution in [0.2, 0.25) is 0 Å². The maximum atomic E-state index is 10.8. The van der Waals surface area contributed by atoms with Gasteiger partial charge in [0.25, 0.3) is 0 Å². The van der Waals surface area contributed by atoms with Crippen molar-refractivity contribution in [1.29, 1.82) is 0 Å². The lowest BCUT2D eigenvalue weighted by Crippen LogP contribution is -2.15. The maximum absolute atomic E-state index is 10.8. The van der Waals surface area contributed by atoms with Crippen LogP contribution in [0, 0.1) is 5.92 Å². The summed E-state index contributed by atoms with van der Waals surface area (Å²) in [5.74, 6) is 2.36. The van der Waals surface area contributed by atoms with Gasteiger partial charge in [0.15, 0.2) is 0 Å². The van der Waals surface area contributed by atoms with Crippen molar-refractivity contribution in [2.75, 3.05) is 4.90 Å². The summed E-state index contributed by atoms with van der Waals surface area (Å²) in [6.45, 7) is 11.2. The molecule has 220 valence electrons. The lowest BCUT2D eigenvalue weighted by molar-refractivity contribution is 0.477. The third-order valence-corrected chi connectivity index (χ3v) is 7.94. The summed E-state index contributed by atoms with van der Waals surface area (Å²) in [6.07, 6.45) is 2.75. The minimum absolute atomic E-state index is 0.101. The summed E-state index contributed by atoms with van der Waals surface area (Å²) in [5.41, 5.74) is 7.01. The Morgan fingerprint density at radius 1 is 0.727 bits per heavy atom. The molecule has 44 heavy (non-hydrogen) atoms. The lowest BCUT2D eigenvalue weighted by atomic mass is 9.83. The van der Waals surface area contributed by atoms with Gasteiger partial charge in [-0.15, -0.1) is 0 Å². The molecule has 0 aliphatic carbocycles. The van der Waals surface area contributed by atoms with Gasteiger partial charge in [0.1, 0.15) is 17.4 Å². The number of phenolic OH excluding ortho intramolecular Hbond substituents is 1. The first-order valence-electron chi connectivity index (χ1n) is 15.3. The standard InChI is InChI=1S/C40H39N3O/c1-27(2)21-28-22-35(31-24-30(25-32(26-31)40(3,4)5)34-16-8-9-18-37(34)44)42-39(23-28)43(38-19-10-11-20-41-38)36-17-12-14-29-13-6-7-15-33(29)36/h6-20,22-27,44H,21H2,1-5H3. The molecule has 0 spiro atoms. The number of hydrogen-bond donors (Lipinski definition) is 1. The van der Waals surface area contributed by atoms with Gasteiger partial charge >= 0.3 is 0 Å². The Bertz CT molecular complexity index is 1920. The molecule has 0 unspecified atom stereocenters. The largest absolute Gasteiger partial charge is 0.507 e. The highest BCUT2D eigenvalue weighted by atomic mass is 16.3. The molecule has 2 aromatic heterocycles. The van der Waals surface area contributed by atoms with E-state index < -0.39 is 0 Å². The molecule has 6 aromatic rings. The minimum atomic E-state index is -0.101. The van der Waals surface area contributed by atoms with Crippen LogP contribution in [-0.4, -0.2) is 15.1 Å². The Balaban J connectivity index is 1.61. The van der Waals surface area contributed by atoms with Crippen molar-refractivity contribution < 1.29 is 5.11 Å². The summed E-state index contributed by atoms with van der Waals surface area (Å²) < 4.78 is 0. The number of phenols is 1. The highest BCUT2D eigenvalue weighted by Crippen LogP contribution is 2.40. The zero-order chi connectivity index (χ0) is 30.8. The fourth-order valence-corrected chi connectivity index (χ4v) is 5.76. The molecule has 4 aromatic carbocycles. The molecule has 0 fully saturated rings. The number of pyridine rings is 2. The van der Waals surface area contributed by atoms with Crippen LogP contribution in [-0.2, 0) is 11.8 Å². The van der Waals surface area contributed by atoms with Gasteiger partial charge in [0, 0.05) is 22.7 Å². The van der Waals surface area contributed by atoms with E-state index in [0.29, 0.717) is 5.92 Å². The van der Waals surface area contributed by atoms with Crippen molar-refractivity contribution in [1.82, 2.24) is 9.97 Å². The van der Waals surface area contributed by atoms with Crippen LogP contribution in [0.4, 0.5) is 17.3 Å². The Morgan fingerprint density at radius 2 is 1.45 bits per heavy atom. The van der Waals surface area contributed by atoms with Crippen LogP contribution in [0.5, 0.6) is 5.75 Å². The molecule has 0 radical (unpaired) electrons. The average molecular weight is 578 g/mol. The molecule has 0 atom stereocenters. The fraction of sp³-hybridized carbons (Fsp3) is 0.200. The van der Waals surface area contributed by atoms with Crippen molar-refractivity contribution in [2.45, 2.75) is 46.5 Å². The van der Waals surface area contributed by atoms with Gasteiger partial charge in [-0.1, -0.05) is 101 Å². The van der Waals surface area contributed by atoms with E-state index in [1.165, 1.54) is 11.1 Å². The monoisotopic (exact) mass is 577 g/mol. The molecule has 0 saturated carbocycles. The molecule has 0 aliphatic heterocycles. The Morgan fingerprint density at radius 3 is 2.20 bits per heavy atom. The van der Waals surface area contributed by atoms with Gasteiger partial charge in [-0.25, -0.2) is 9.97 Å². The molecule has 0 bridgehead atoms. The van der Waals surface area contributed by atoms with Crippen LogP contribution in [0.15, 0.2) is 121 Å². The van der Waals surface area contributed by atoms with Gasteiger partial charge in [-0.3, -0.25) is 4.90 Å². The quantitative estimate of drug-likeness (QED) is 0.205. The summed E-state index contributed by atoms with van der Waals surface area (Å²) in [6, 6.07) is 39.4. The van der Waals surface area contributed by atoms with Crippen LogP contribution in [0.25, 0.3) is 33.2 Å². The highest BCUT2D eigenvalue weighted by molar-refractivity contribution is 5.98. The van der Waals surface area contributed by atoms with Crippen molar-refractivity contribution in [3.63, 3.8) is 0 Å². The number of rotatable bonds is 7. The topological polar surface area (TPSA) is 49.3 Å². The number of anilines is 3. The molecule has 1 N–H and O–H groups in total. The average Bonchev–Trinajstić information content (AvgIpc) is 3.01. The van der Waals surface area contributed by atoms with Crippen LogP contribution in [0.1, 0.15) is 45.7 Å². The molecule has 0 saturated heterocycles. The molecule has 4 nitrogen and oxygen atoms in total. The van der Waals surface area contributed by atoms with E-state index in [0.717, 1.165) is 56.9 Å². The number of nitrogens with zero attached hydrogens (tertiary/aromatic N) is 3. The predicted octanol–water partition coefficient (Wildman–Crippen LogP) is 10.6. The van der Waals surface area contributed by atoms with Crippen molar-refractivity contribution in [3.05, 3.63) is 133 Å². The first kappa shape index (κ1) is 29.1. The van der Waals surface area contributed by atoms with E-state index in [-0.39, 0.29) is 11.2 Å². The SMILES string of the molecule is CC(C)Cc1cc(-c2cc(-c3ccccc3O)cc(C(C)(C)C)c2)nc(N(c2ccccn2)c2cccc3ccccc23)c1. The molecule has 6 rings (SSSR count). The van der Waals surface area contributed by atoms with E-state index in [4.69, 9.17) is 9.97 Å². The van der Waals surface area contributed by atoms with Crippen LogP contribution < -0.4 is 4.90 Å². The first-order valence-corrected chi connectivity index (χ1v) is 15.3. The second-order valence-corrected chi connectivity index (χ2v) is 12.9. The summed E-state index contributed by atoms with van der Waals surface area (Å²) in [5, 5.41) is 13.1. The van der Waals surface area contributed by atoms with Gasteiger partial charge in [0.2, 0.25) is 0 Å². The number of aromatic nitrogens is 2. The van der Waals surface area contributed by atoms with Crippen molar-refractivity contribution >= 4 is 28.1 Å². The molecular formula is C40H39N3O. The molecule has 2 heterocycles. The van der Waals surface area contributed by atoms with E-state index in [1.54, 1.807) is 6.07 Å². The van der Waals surface area contributed by atoms with Crippen LogP contribution >= 0.6 is 0 Å². The molecule has 0 amide bonds. The number of fused-ring (bicyclic) bond motifs is 1. The maximum Gasteiger partial charge on any atom is 0.139 e. The third-order valence-electron chi connectivity index (χ3n) is 7.94. The molecule has 0 aliphatic rings. The zero-order valence-electron chi connectivity index (χ0n) is 26.1. The van der Waals surface area contributed by atoms with Gasteiger partial charge in [-0.2, -0.15) is 0 Å². The van der Waals surface area contributed by atoms with Crippen molar-refractivity contribution in [2.24, 2.45) is 5.92 Å². The normalized spacial score (nSPS) is 11.7. The van der Waals surface area contributed by atoms with Gasteiger partial charge < -0.3 is 5.11 Å². The van der Waals surface area contributed by atoms with Crippen molar-refractivity contribution in [3.8, 4) is 28.1 Å². The molecular weight excluding hydrogens is 538 g/mol. The number of para-hydroxylation sites is 1. The second-order valence-electron chi connectivity index (χ2n) is 12.9. The molecule has 4 heteroatoms. The first-order chi connectivity index (χ1) is 21.2. The Kier molecular flexibility index (Phi) is 7.92. The number of hydrogen-bond acceptors (Lipinski definition) is 4. The summed E-state index contributed by atoms with van der Waals surface area (Å²) in [7, 11) is 0. The van der Waals surface area contributed by atoms with Gasteiger partial charge in [0.05, 0.1) is 11.4 Å². The summed E-state index contributed by atoms with van der Waals surface area (Å²) in [4.78, 5) is 12.3. The lowest BCUT2D eigenvalue weighted by Gasteiger charge is -2.26. The Hall–Kier alpha value is -4.96. The van der Waals surface area contributed by atoms with E-state index in [9.17, 15) is 5.11 Å². The van der Waals surface area contributed by atoms with Crippen LogP contribution in [0.3, 0.4) is 0 Å². The van der Waals surface area contributed by atoms with E-state index >= 15 is 0 Å². The fourth-order valence-electron chi connectivity index (χ4n) is 5.76. The minimum Gasteiger partial charge on any atom is -0.507 e. The van der Waals surface area contributed by atoms with E-state index in [1.807, 2.05) is 42.6 Å².